The molecule has 0 aliphatic heterocycles. The van der Waals surface area contributed by atoms with Gasteiger partial charge in [0.2, 0.25) is 0 Å². The molecule has 0 spiro atoms. The zero-order valence-electron chi connectivity index (χ0n) is 5.99. The summed E-state index contributed by atoms with van der Waals surface area (Å²) < 4.78 is 0. The van der Waals surface area contributed by atoms with Crippen LogP contribution >= 0.6 is 18.5 Å². The molecule has 0 N–H and O–H groups in total. The Morgan fingerprint density at radius 2 is 1.82 bits per heavy atom. The molecule has 0 radical (unpaired) electrons. The van der Waals surface area contributed by atoms with Gasteiger partial charge in [-0.2, -0.15) is 0 Å². The molecule has 0 heterocycles. The van der Waals surface area contributed by atoms with E-state index in [9.17, 15) is 0 Å². The normalized spacial score (nSPS) is 8.55. The molecule has 1 nitrogen and oxygen atoms in total. The van der Waals surface area contributed by atoms with Crippen LogP contribution in [0.4, 0.5) is 5.69 Å². The molecule has 0 saturated carbocycles. The van der Waals surface area contributed by atoms with E-state index in [0.717, 1.165) is 10.7 Å². The molecule has 0 aromatic heterocycles. The molecule has 0 saturated heterocycles. The highest BCUT2D eigenvalue weighted by Gasteiger charge is 1.80. The van der Waals surface area contributed by atoms with E-state index in [0.29, 0.717) is 0 Å². The third-order valence-corrected chi connectivity index (χ3v) is 1.33. The highest BCUT2D eigenvalue weighted by atomic mass is 31.1. The van der Waals surface area contributed by atoms with Gasteiger partial charge in [-0.25, -0.2) is 4.99 Å². The van der Waals surface area contributed by atoms with Crippen LogP contribution in [0.15, 0.2) is 40.4 Å². The van der Waals surface area contributed by atoms with Gasteiger partial charge in [-0.15, -0.1) is 0 Å². The Balaban J connectivity index is 2.89. The summed E-state index contributed by atoms with van der Waals surface area (Å²) in [4.78, 5) is 4.08. The van der Waals surface area contributed by atoms with Gasteiger partial charge in [-0.1, -0.05) is 36.7 Å². The van der Waals surface area contributed by atoms with Crippen LogP contribution in [-0.2, 0) is 0 Å². The molecule has 0 aliphatic carbocycles. The van der Waals surface area contributed by atoms with Crippen LogP contribution in [0.25, 0.3) is 0 Å². The van der Waals surface area contributed by atoms with E-state index in [1.54, 1.807) is 0 Å². The minimum Gasteiger partial charge on any atom is -0.206 e. The fourth-order valence-corrected chi connectivity index (χ4v) is 0.761. The highest BCUT2D eigenvalue weighted by molar-refractivity contribution is 7.46. The third-order valence-electron chi connectivity index (χ3n) is 1.07. The van der Waals surface area contributed by atoms with E-state index in [4.69, 9.17) is 0 Å². The van der Waals surface area contributed by atoms with Crippen molar-refractivity contribution in [3.63, 3.8) is 0 Å². The predicted molar refractivity (Wildman–Crippen MR) is 56.5 cm³/mol. The topological polar surface area (TPSA) is 12.4 Å². The second-order valence-electron chi connectivity index (χ2n) is 2.01. The van der Waals surface area contributed by atoms with Crippen LogP contribution in [-0.4, -0.2) is 5.87 Å². The highest BCUT2D eigenvalue weighted by Crippen LogP contribution is 2.12. The molecule has 3 heteroatoms. The van der Waals surface area contributed by atoms with Gasteiger partial charge in [-0.3, -0.25) is 0 Å². The smallest absolute Gasteiger partial charge is 0.0730 e. The fraction of sp³-hybridized carbons (Fsp3) is 0. The number of rotatable bonds is 1. The molecule has 1 aromatic carbocycles. The summed E-state index contributed by atoms with van der Waals surface area (Å²) in [6.45, 7) is 0. The summed E-state index contributed by atoms with van der Waals surface area (Å²) in [6.07, 6.45) is 0. The Morgan fingerprint density at radius 1 is 1.18 bits per heavy atom. The molecule has 0 bridgehead atoms. The van der Waals surface area contributed by atoms with Gasteiger partial charge < -0.3 is 0 Å². The van der Waals surface area contributed by atoms with E-state index in [1.165, 1.54) is 0 Å². The molecule has 0 aliphatic rings. The van der Waals surface area contributed by atoms with Crippen molar-refractivity contribution in [2.45, 2.75) is 0 Å². The van der Waals surface area contributed by atoms with Crippen molar-refractivity contribution in [1.82, 2.24) is 0 Å². The number of nitrogens with zero attached hydrogens (tertiary/aromatic N) is 1. The quantitative estimate of drug-likeness (QED) is 0.466. The lowest BCUT2D eigenvalue weighted by molar-refractivity contribution is 1.55. The number of benzene rings is 1. The van der Waals surface area contributed by atoms with Gasteiger partial charge in [0.25, 0.3) is 0 Å². The summed E-state index contributed by atoms with van der Waals surface area (Å²) in [5, 5.41) is 0.925. The first-order valence-corrected chi connectivity index (χ1v) is 4.34. The van der Waals surface area contributed by atoms with Gasteiger partial charge in [0.05, 0.1) is 5.69 Å². The van der Waals surface area contributed by atoms with Gasteiger partial charge in [-0.05, 0) is 18.0 Å². The maximum atomic E-state index is 4.08. The van der Waals surface area contributed by atoms with Gasteiger partial charge in [0.1, 0.15) is 0 Å². The van der Waals surface area contributed by atoms with Gasteiger partial charge in [0.15, 0.2) is 0 Å². The summed E-state index contributed by atoms with van der Waals surface area (Å²) in [6, 6.07) is 9.74. The van der Waals surface area contributed by atoms with Crippen molar-refractivity contribution in [3.8, 4) is 0 Å². The zero-order chi connectivity index (χ0) is 8.10. The van der Waals surface area contributed by atoms with Crippen molar-refractivity contribution in [1.29, 1.82) is 0 Å². The van der Waals surface area contributed by atoms with Crippen LogP contribution in [0.2, 0.25) is 0 Å². The molecule has 2 unspecified atom stereocenters. The first-order chi connectivity index (χ1) is 5.29. The fourth-order valence-electron chi connectivity index (χ4n) is 0.632. The van der Waals surface area contributed by atoms with Crippen molar-refractivity contribution >= 4 is 30.0 Å². The minimum atomic E-state index is 0.925. The second kappa shape index (κ2) is 4.42. The van der Waals surface area contributed by atoms with Crippen LogP contribution in [0.1, 0.15) is 0 Å². The average Bonchev–Trinajstić information content (AvgIpc) is 2.03. The molecular formula is C8H9NP2. The van der Waals surface area contributed by atoms with Gasteiger partial charge in [0, 0.05) is 5.06 Å². The molecule has 0 amide bonds. The number of hydrogen-bond acceptors (Lipinski definition) is 1. The van der Waals surface area contributed by atoms with E-state index in [-0.39, 0.29) is 0 Å². The molecule has 1 aromatic rings. The molecular weight excluding hydrogens is 172 g/mol. The predicted octanol–water partition coefficient (Wildman–Crippen LogP) is 2.58. The van der Waals surface area contributed by atoms with E-state index in [1.807, 2.05) is 30.3 Å². The lowest BCUT2D eigenvalue weighted by atomic mass is 10.3. The van der Waals surface area contributed by atoms with E-state index >= 15 is 0 Å². The second-order valence-corrected chi connectivity index (χ2v) is 3.93. The van der Waals surface area contributed by atoms with Gasteiger partial charge >= 0.3 is 0 Å². The standard InChI is InChI=1S/C8H9NP2/c10-8(11)6-9-7-4-2-1-3-5-7/h1-5H,10-11H2. The molecule has 11 heavy (non-hydrogen) atoms. The van der Waals surface area contributed by atoms with E-state index in [2.05, 4.69) is 29.3 Å². The maximum absolute atomic E-state index is 4.08. The average molecular weight is 181 g/mol. The molecule has 0 fully saturated rings. The Morgan fingerprint density at radius 3 is 2.36 bits per heavy atom. The van der Waals surface area contributed by atoms with Crippen LogP contribution in [0.3, 0.4) is 0 Å². The van der Waals surface area contributed by atoms with Crippen LogP contribution in [0, 0.1) is 0 Å². The molecule has 56 valence electrons. The Bertz CT molecular complexity index is 282. The molecule has 2 atom stereocenters. The lowest BCUT2D eigenvalue weighted by Gasteiger charge is -1.86. The first kappa shape index (κ1) is 8.62. The largest absolute Gasteiger partial charge is 0.206 e. The number of hydrogen-bond donors (Lipinski definition) is 0. The molecule has 1 rings (SSSR count). The summed E-state index contributed by atoms with van der Waals surface area (Å²) >= 11 is 0. The summed E-state index contributed by atoms with van der Waals surface area (Å²) in [7, 11) is 5.01. The maximum Gasteiger partial charge on any atom is 0.0730 e. The number of para-hydroxylation sites is 1. The Kier molecular flexibility index (Phi) is 3.46. The summed E-state index contributed by atoms with van der Waals surface area (Å²) in [5.74, 6) is 2.83. The summed E-state index contributed by atoms with van der Waals surface area (Å²) in [5.41, 5.74) is 0.926. The van der Waals surface area contributed by atoms with Crippen molar-refractivity contribution in [3.05, 3.63) is 35.4 Å². The van der Waals surface area contributed by atoms with Crippen molar-refractivity contribution in [2.75, 3.05) is 0 Å². The Labute approximate surface area is 71.0 Å². The third kappa shape index (κ3) is 3.44. The van der Waals surface area contributed by atoms with E-state index < -0.39 is 0 Å². The van der Waals surface area contributed by atoms with Crippen molar-refractivity contribution in [2.24, 2.45) is 4.99 Å². The van der Waals surface area contributed by atoms with Crippen LogP contribution < -0.4 is 0 Å². The van der Waals surface area contributed by atoms with Crippen molar-refractivity contribution < 1.29 is 0 Å². The monoisotopic (exact) mass is 181 g/mol. The van der Waals surface area contributed by atoms with Crippen LogP contribution in [0.5, 0.6) is 0 Å². The first-order valence-electron chi connectivity index (χ1n) is 3.19. The zero-order valence-corrected chi connectivity index (χ0v) is 8.30. The Hall–Kier alpha value is -0.470. The minimum absolute atomic E-state index is 0.925. The lowest BCUT2D eigenvalue weighted by Crippen LogP contribution is -1.60. The number of aliphatic imine (C=N–C) groups is 1. The SMILES string of the molecule is PC(P)=C=Nc1ccccc1.